The van der Waals surface area contributed by atoms with E-state index in [1.807, 2.05) is 10.8 Å². The lowest BCUT2D eigenvalue weighted by atomic mass is 10.1. The van der Waals surface area contributed by atoms with Gasteiger partial charge < -0.3 is 48.6 Å². The summed E-state index contributed by atoms with van der Waals surface area (Å²) in [6.45, 7) is -4.40. The van der Waals surface area contributed by atoms with Gasteiger partial charge in [-0.25, -0.2) is 19.9 Å². The van der Waals surface area contributed by atoms with E-state index >= 15 is 0 Å². The first kappa shape index (κ1) is 34.9. The molecule has 49 heavy (non-hydrogen) atoms. The molecule has 7 heterocycles. The van der Waals surface area contributed by atoms with Crippen LogP contribution in [0.4, 0.5) is 5.82 Å². The minimum absolute atomic E-state index is 0.0120. The van der Waals surface area contributed by atoms with E-state index in [0.717, 1.165) is 36.2 Å². The maximum Gasteiger partial charge on any atom is 0.582 e. The van der Waals surface area contributed by atoms with Gasteiger partial charge in [-0.1, -0.05) is 0 Å². The van der Waals surface area contributed by atoms with E-state index < -0.39 is 75.7 Å². The number of aromatic nitrogens is 7. The predicted octanol–water partition coefficient (Wildman–Crippen LogP) is 0.517. The smallest absolute Gasteiger partial charge is 0.395 e. The summed E-state index contributed by atoms with van der Waals surface area (Å²) >= 11 is 9.13. The van der Waals surface area contributed by atoms with Crippen LogP contribution in [0.3, 0.4) is 0 Å². The Hall–Kier alpha value is -2.49. The number of ether oxygens (including phenoxy) is 2. The highest BCUT2D eigenvalue weighted by molar-refractivity contribution is 8.39. The molecule has 2 saturated heterocycles. The molecule has 4 aromatic heterocycles. The monoisotopic (exact) mass is 759 g/mol. The molecule has 4 aromatic rings. The first-order chi connectivity index (χ1) is 23.6. The minimum atomic E-state index is -4.03. The van der Waals surface area contributed by atoms with Gasteiger partial charge in [0.25, 0.3) is 5.56 Å². The number of anilines is 1. The molecule has 7 rings (SSSR count). The lowest BCUT2D eigenvalue weighted by Gasteiger charge is -2.24. The Bertz CT molecular complexity index is 1980. The third-order valence-corrected chi connectivity index (χ3v) is 10.9. The predicted molar refractivity (Wildman–Crippen MR) is 178 cm³/mol. The number of rotatable bonds is 12. The average Bonchev–Trinajstić information content (AvgIpc) is 3.80. The van der Waals surface area contributed by atoms with Gasteiger partial charge in [-0.15, -0.1) is 4.52 Å². The summed E-state index contributed by atoms with van der Waals surface area (Å²) in [6, 6.07) is 0. The second kappa shape index (κ2) is 14.3. The maximum atomic E-state index is 12.8. The summed E-state index contributed by atoms with van der Waals surface area (Å²) in [4.78, 5) is 41.1. The first-order valence-electron chi connectivity index (χ1n) is 15.3. The van der Waals surface area contributed by atoms with Crippen LogP contribution in [0.1, 0.15) is 30.9 Å². The summed E-state index contributed by atoms with van der Waals surface area (Å²) in [5.74, 6) is 0.742. The fraction of sp³-hybridized carbons (Fsp3) is 0.577. The van der Waals surface area contributed by atoms with Gasteiger partial charge in [0.2, 0.25) is 0 Å². The lowest BCUT2D eigenvalue weighted by molar-refractivity contribution is -0.0529. The fourth-order valence-electron chi connectivity index (χ4n) is 6.40. The van der Waals surface area contributed by atoms with Crippen LogP contribution in [0.25, 0.3) is 22.2 Å². The van der Waals surface area contributed by atoms with E-state index in [4.69, 9.17) is 34.9 Å². The van der Waals surface area contributed by atoms with Gasteiger partial charge in [-0.3, -0.25) is 13.9 Å². The normalized spacial score (nSPS) is 28.5. The molecule has 3 aliphatic heterocycles. The summed E-state index contributed by atoms with van der Waals surface area (Å²) in [6.07, 6.45) is 0.435. The Labute approximate surface area is 288 Å². The number of aliphatic hydroxyl groups is 3. The lowest BCUT2D eigenvalue weighted by Crippen LogP contribution is -2.34. The van der Waals surface area contributed by atoms with Crippen molar-refractivity contribution in [3.63, 3.8) is 0 Å². The molecule has 0 radical (unpaired) electrons. The van der Waals surface area contributed by atoms with Crippen LogP contribution in [0.2, 0.25) is 0 Å². The zero-order valence-corrected chi connectivity index (χ0v) is 29.0. The number of fused-ring (bicyclic) bond motifs is 1. The molecule has 0 bridgehead atoms. The molecule has 0 aliphatic carbocycles. The molecule has 2 unspecified atom stereocenters. The third kappa shape index (κ3) is 6.81. The molecule has 9 atom stereocenters. The van der Waals surface area contributed by atoms with Gasteiger partial charge in [0.15, 0.2) is 23.5 Å². The molecule has 0 spiro atoms. The number of aliphatic hydroxyl groups excluding tert-OH is 3. The molecule has 2 fully saturated rings. The largest absolute Gasteiger partial charge is 0.582 e. The molecule has 0 aromatic carbocycles. The third-order valence-electron chi connectivity index (χ3n) is 8.63. The molecule has 0 amide bonds. The van der Waals surface area contributed by atoms with Gasteiger partial charge in [0.1, 0.15) is 60.9 Å². The van der Waals surface area contributed by atoms with E-state index in [1.165, 1.54) is 28.1 Å². The zero-order valence-electron chi connectivity index (χ0n) is 25.5. The van der Waals surface area contributed by atoms with Crippen molar-refractivity contribution in [1.82, 2.24) is 33.6 Å². The van der Waals surface area contributed by atoms with Crippen molar-refractivity contribution in [2.24, 2.45) is 0 Å². The summed E-state index contributed by atoms with van der Waals surface area (Å²) < 4.78 is 45.4. The van der Waals surface area contributed by atoms with Crippen molar-refractivity contribution in [1.29, 1.82) is 0 Å². The standard InChI is InChI=1S/C26H32N8O11P2S2/c35-5-4-32-11-31-24-19(25(32)38)30-12-34(24)26-21(44-46(39)48)20(37)16(43-26)9-41-47(40,49)45-14-6-17(42-15(14)8-36)33-7-13-2-1-3-27-22-18(13)23(33)29-10-28-22/h7,10-12,14-17,20-21,26,35-37H,1-6,8-9H2,(H2-,27,28,29,39,40,48,49)/p+1/t14-,15+,16+,17+,20+,21+,26+,47?/m0/s1. The van der Waals surface area contributed by atoms with Crippen LogP contribution in [-0.2, 0) is 52.4 Å². The van der Waals surface area contributed by atoms with Crippen molar-refractivity contribution in [2.75, 3.05) is 31.7 Å². The van der Waals surface area contributed by atoms with Crippen molar-refractivity contribution in [2.45, 2.75) is 68.8 Å². The number of hydrogen-bond acceptors (Lipinski definition) is 16. The summed E-state index contributed by atoms with van der Waals surface area (Å²) in [5.41, 5.74) is 1.27. The maximum absolute atomic E-state index is 12.8. The van der Waals surface area contributed by atoms with Crippen LogP contribution in [0.15, 0.2) is 30.0 Å². The van der Waals surface area contributed by atoms with E-state index in [9.17, 15) is 29.6 Å². The fourth-order valence-corrected chi connectivity index (χ4v) is 8.64. The Morgan fingerprint density at radius 3 is 2.76 bits per heavy atom. The Morgan fingerprint density at radius 2 is 1.98 bits per heavy atom. The quantitative estimate of drug-likeness (QED) is 0.0852. The van der Waals surface area contributed by atoms with Gasteiger partial charge in [0, 0.05) is 19.2 Å². The van der Waals surface area contributed by atoms with Crippen molar-refractivity contribution < 1.29 is 47.8 Å². The van der Waals surface area contributed by atoms with Crippen LogP contribution >= 0.6 is 26.2 Å². The van der Waals surface area contributed by atoms with Gasteiger partial charge in [-0.05, 0) is 34.8 Å². The summed E-state index contributed by atoms with van der Waals surface area (Å²) in [5, 5.41) is 34.7. The van der Waals surface area contributed by atoms with Gasteiger partial charge in [0.05, 0.1) is 44.2 Å². The molecule has 3 aliphatic rings. The Kier molecular flexibility index (Phi) is 10.2. The highest BCUT2D eigenvalue weighted by atomic mass is 32.7. The number of nitrogens with one attached hydrogen (secondary N) is 1. The van der Waals surface area contributed by atoms with Crippen molar-refractivity contribution in [3.05, 3.63) is 41.1 Å². The molecule has 5 N–H and O–H groups in total. The number of thiol groups is 1. The zero-order chi connectivity index (χ0) is 34.4. The number of aryl methyl sites for hydroxylation is 1. The SMILES string of the molecule is O=c1c2ncn([C@@H]3O[C@H](COP(O)(=S)O[C@H]4C[C@H](n5cc6c7c(ncnc75)NCCC6)O[C@@H]4CO)[C@@H](O)[C@H]3O[P+](=O)S)c2ncn1CCO. The summed E-state index contributed by atoms with van der Waals surface area (Å²) in [7, 11) is -2.52. The second-order valence-corrected chi connectivity index (χ2v) is 16.1. The molecular weight excluding hydrogens is 726 g/mol. The van der Waals surface area contributed by atoms with Crippen LogP contribution in [0, 0.1) is 0 Å². The number of nitrogens with zero attached hydrogens (tertiary/aromatic N) is 7. The minimum Gasteiger partial charge on any atom is -0.395 e. The molecule has 23 heteroatoms. The van der Waals surface area contributed by atoms with Crippen LogP contribution in [-0.4, -0.2) is 111 Å². The van der Waals surface area contributed by atoms with E-state index in [2.05, 4.69) is 37.5 Å². The highest BCUT2D eigenvalue weighted by Crippen LogP contribution is 2.50. The van der Waals surface area contributed by atoms with Crippen molar-refractivity contribution >= 4 is 66.0 Å². The number of imidazole rings is 1. The Balaban J connectivity index is 1.05. The first-order valence-corrected chi connectivity index (χ1v) is 20.2. The highest BCUT2D eigenvalue weighted by Gasteiger charge is 2.51. The van der Waals surface area contributed by atoms with Crippen molar-refractivity contribution in [3.8, 4) is 0 Å². The molecule has 19 nitrogen and oxygen atoms in total. The van der Waals surface area contributed by atoms with E-state index in [1.54, 1.807) is 0 Å². The Morgan fingerprint density at radius 1 is 1.14 bits per heavy atom. The number of hydrogen-bond donors (Lipinski definition) is 6. The molecule has 264 valence electrons. The van der Waals surface area contributed by atoms with E-state index in [0.29, 0.717) is 5.65 Å². The second-order valence-electron chi connectivity index (χ2n) is 11.6. The van der Waals surface area contributed by atoms with Crippen LogP contribution < -0.4 is 10.9 Å². The van der Waals surface area contributed by atoms with E-state index in [-0.39, 0.29) is 30.7 Å². The van der Waals surface area contributed by atoms with Crippen LogP contribution in [0.5, 0.6) is 0 Å². The topological polar surface area (TPSA) is 240 Å². The molecular formula is C26H33N8O11P2S2+. The average molecular weight is 760 g/mol. The van der Waals surface area contributed by atoms with Gasteiger partial charge >= 0.3 is 13.9 Å². The van der Waals surface area contributed by atoms with Gasteiger partial charge in [-0.2, -0.15) is 0 Å². The molecule has 0 saturated carbocycles.